The molecule has 0 amide bonds. The maximum absolute atomic E-state index is 10.6. The third kappa shape index (κ3) is 2.99. The van der Waals surface area contributed by atoms with Gasteiger partial charge in [0.1, 0.15) is 0 Å². The molecule has 0 heterocycles. The molecule has 2 rings (SSSR count). The summed E-state index contributed by atoms with van der Waals surface area (Å²) in [7, 11) is 0. The third-order valence-corrected chi connectivity index (χ3v) is 3.47. The second-order valence-corrected chi connectivity index (χ2v) is 5.16. The lowest BCUT2D eigenvalue weighted by Crippen LogP contribution is -2.23. The summed E-state index contributed by atoms with van der Waals surface area (Å²) < 4.78 is 0. The fourth-order valence-corrected chi connectivity index (χ4v) is 2.41. The number of benzene rings is 2. The molecule has 18 heavy (non-hydrogen) atoms. The number of hydrogen-bond acceptors (Lipinski definition) is 1. The molecular formula is C17H20O. The molecule has 1 heteroatoms. The average Bonchev–Trinajstić information content (AvgIpc) is 2.40. The highest BCUT2D eigenvalue weighted by atomic mass is 16.3. The summed E-state index contributed by atoms with van der Waals surface area (Å²) >= 11 is 0. The molecule has 0 aliphatic heterocycles. The fraction of sp³-hybridized carbons (Fsp3) is 0.294. The van der Waals surface area contributed by atoms with E-state index in [9.17, 15) is 5.11 Å². The van der Waals surface area contributed by atoms with Gasteiger partial charge in [0.2, 0.25) is 0 Å². The van der Waals surface area contributed by atoms with Crippen LogP contribution in [0.25, 0.3) is 0 Å². The van der Waals surface area contributed by atoms with E-state index in [1.165, 1.54) is 5.56 Å². The summed E-state index contributed by atoms with van der Waals surface area (Å²) in [6.45, 7) is 4.05. The quantitative estimate of drug-likeness (QED) is 0.853. The molecule has 0 aromatic heterocycles. The lowest BCUT2D eigenvalue weighted by atomic mass is 9.84. The first kappa shape index (κ1) is 12.8. The predicted octanol–water partition coefficient (Wildman–Crippen LogP) is 4.09. The molecule has 0 unspecified atom stereocenters. The zero-order chi connectivity index (χ0) is 13.0. The van der Waals surface area contributed by atoms with Crippen molar-refractivity contribution in [2.75, 3.05) is 0 Å². The Balaban J connectivity index is 2.14. The van der Waals surface area contributed by atoms with Gasteiger partial charge in [0.15, 0.2) is 0 Å². The molecule has 94 valence electrons. The molecule has 0 bridgehead atoms. The first-order valence-electron chi connectivity index (χ1n) is 6.42. The normalized spacial score (nSPS) is 15.9. The van der Waals surface area contributed by atoms with Gasteiger partial charge in [0, 0.05) is 0 Å². The van der Waals surface area contributed by atoms with Crippen LogP contribution in [0.1, 0.15) is 37.3 Å². The highest BCUT2D eigenvalue weighted by molar-refractivity contribution is 5.24. The zero-order valence-electron chi connectivity index (χ0n) is 11.0. The Bertz CT molecular complexity index is 473. The molecule has 1 N–H and O–H groups in total. The van der Waals surface area contributed by atoms with Crippen LogP contribution in [0.15, 0.2) is 60.7 Å². The third-order valence-electron chi connectivity index (χ3n) is 3.47. The van der Waals surface area contributed by atoms with Crippen molar-refractivity contribution in [1.29, 1.82) is 0 Å². The van der Waals surface area contributed by atoms with Crippen LogP contribution >= 0.6 is 0 Å². The topological polar surface area (TPSA) is 20.2 Å². The van der Waals surface area contributed by atoms with E-state index in [1.807, 2.05) is 55.5 Å². The van der Waals surface area contributed by atoms with E-state index < -0.39 is 5.60 Å². The molecule has 1 nitrogen and oxygen atoms in total. The summed E-state index contributed by atoms with van der Waals surface area (Å²) in [5, 5.41) is 10.6. The minimum atomic E-state index is -0.781. The van der Waals surface area contributed by atoms with Crippen molar-refractivity contribution in [3.63, 3.8) is 0 Å². The fourth-order valence-electron chi connectivity index (χ4n) is 2.41. The Morgan fingerprint density at radius 1 is 0.944 bits per heavy atom. The molecule has 0 radical (unpaired) electrons. The van der Waals surface area contributed by atoms with Crippen LogP contribution in [0.5, 0.6) is 0 Å². The molecule has 0 aliphatic carbocycles. The lowest BCUT2D eigenvalue weighted by Gasteiger charge is -2.27. The molecule has 2 aromatic carbocycles. The number of hydrogen-bond donors (Lipinski definition) is 1. The number of aliphatic hydroxyl groups is 1. The molecule has 2 atom stereocenters. The second-order valence-electron chi connectivity index (χ2n) is 5.16. The van der Waals surface area contributed by atoms with Crippen LogP contribution in [0.4, 0.5) is 0 Å². The Labute approximate surface area is 109 Å². The lowest BCUT2D eigenvalue weighted by molar-refractivity contribution is 0.0415. The van der Waals surface area contributed by atoms with E-state index in [-0.39, 0.29) is 0 Å². The van der Waals surface area contributed by atoms with Crippen molar-refractivity contribution in [1.82, 2.24) is 0 Å². The van der Waals surface area contributed by atoms with Gasteiger partial charge < -0.3 is 5.11 Å². The van der Waals surface area contributed by atoms with Crippen molar-refractivity contribution in [2.24, 2.45) is 0 Å². The van der Waals surface area contributed by atoms with Gasteiger partial charge in [0.05, 0.1) is 5.60 Å². The van der Waals surface area contributed by atoms with Crippen molar-refractivity contribution >= 4 is 0 Å². The molecule has 0 saturated carbocycles. The van der Waals surface area contributed by atoms with E-state index in [1.54, 1.807) is 0 Å². The van der Waals surface area contributed by atoms with E-state index in [0.717, 1.165) is 12.0 Å². The summed E-state index contributed by atoms with van der Waals surface area (Å²) in [4.78, 5) is 0. The van der Waals surface area contributed by atoms with E-state index in [0.29, 0.717) is 5.92 Å². The second kappa shape index (κ2) is 5.36. The highest BCUT2D eigenvalue weighted by Crippen LogP contribution is 2.32. The minimum absolute atomic E-state index is 0.335. The van der Waals surface area contributed by atoms with Crippen LogP contribution in [-0.2, 0) is 5.60 Å². The van der Waals surface area contributed by atoms with Crippen LogP contribution in [-0.4, -0.2) is 5.11 Å². The molecular weight excluding hydrogens is 220 g/mol. The monoisotopic (exact) mass is 240 g/mol. The molecule has 0 fully saturated rings. The van der Waals surface area contributed by atoms with Gasteiger partial charge in [-0.25, -0.2) is 0 Å². The largest absolute Gasteiger partial charge is 0.385 e. The summed E-state index contributed by atoms with van der Waals surface area (Å²) in [5.41, 5.74) is 1.47. The Morgan fingerprint density at radius 3 is 2.00 bits per heavy atom. The van der Waals surface area contributed by atoms with Gasteiger partial charge in [-0.15, -0.1) is 0 Å². The molecule has 0 spiro atoms. The van der Waals surface area contributed by atoms with E-state index in [2.05, 4.69) is 19.1 Å². The minimum Gasteiger partial charge on any atom is -0.385 e. The van der Waals surface area contributed by atoms with E-state index in [4.69, 9.17) is 0 Å². The van der Waals surface area contributed by atoms with Crippen molar-refractivity contribution < 1.29 is 5.11 Å². The number of rotatable bonds is 4. The molecule has 0 saturated heterocycles. The van der Waals surface area contributed by atoms with E-state index >= 15 is 0 Å². The SMILES string of the molecule is C[C@@H](C[C@@](C)(O)c1ccccc1)c1ccccc1. The van der Waals surface area contributed by atoms with Crippen molar-refractivity contribution in [2.45, 2.75) is 31.8 Å². The Morgan fingerprint density at radius 2 is 1.44 bits per heavy atom. The van der Waals surface area contributed by atoms with Gasteiger partial charge in [-0.05, 0) is 30.4 Å². The first-order valence-corrected chi connectivity index (χ1v) is 6.42. The standard InChI is InChI=1S/C17H20O/c1-14(15-9-5-3-6-10-15)13-17(2,18)16-11-7-4-8-12-16/h3-12,14,18H,13H2,1-2H3/t14-,17+/m0/s1. The van der Waals surface area contributed by atoms with Crippen molar-refractivity contribution in [3.8, 4) is 0 Å². The molecule has 2 aromatic rings. The van der Waals surface area contributed by atoms with Gasteiger partial charge >= 0.3 is 0 Å². The zero-order valence-corrected chi connectivity index (χ0v) is 11.0. The van der Waals surface area contributed by atoms with Gasteiger partial charge in [0.25, 0.3) is 0 Å². The van der Waals surface area contributed by atoms with Gasteiger partial charge in [-0.3, -0.25) is 0 Å². The van der Waals surface area contributed by atoms with Crippen LogP contribution in [0.2, 0.25) is 0 Å². The van der Waals surface area contributed by atoms with Crippen LogP contribution in [0.3, 0.4) is 0 Å². The van der Waals surface area contributed by atoms with Crippen LogP contribution in [0, 0.1) is 0 Å². The van der Waals surface area contributed by atoms with Gasteiger partial charge in [-0.1, -0.05) is 67.6 Å². The average molecular weight is 240 g/mol. The first-order chi connectivity index (χ1) is 8.59. The summed E-state index contributed by atoms with van der Waals surface area (Å²) in [6.07, 6.45) is 0.723. The highest BCUT2D eigenvalue weighted by Gasteiger charge is 2.25. The van der Waals surface area contributed by atoms with Crippen molar-refractivity contribution in [3.05, 3.63) is 71.8 Å². The summed E-state index contributed by atoms with van der Waals surface area (Å²) in [6, 6.07) is 20.2. The maximum atomic E-state index is 10.6. The maximum Gasteiger partial charge on any atom is 0.0874 e. The predicted molar refractivity (Wildman–Crippen MR) is 75.5 cm³/mol. The smallest absolute Gasteiger partial charge is 0.0874 e. The van der Waals surface area contributed by atoms with Gasteiger partial charge in [-0.2, -0.15) is 0 Å². The Hall–Kier alpha value is -1.60. The summed E-state index contributed by atoms with van der Waals surface area (Å²) in [5.74, 6) is 0.335. The molecule has 0 aliphatic rings. The van der Waals surface area contributed by atoms with Crippen LogP contribution < -0.4 is 0 Å². The Kier molecular flexibility index (Phi) is 3.83.